The lowest BCUT2D eigenvalue weighted by Gasteiger charge is -2.22. The highest BCUT2D eigenvalue weighted by Crippen LogP contribution is 2.25. The zero-order chi connectivity index (χ0) is 21.2. The molecule has 29 heavy (non-hydrogen) atoms. The van der Waals surface area contributed by atoms with Gasteiger partial charge in [0.05, 0.1) is 12.3 Å². The number of anilines is 3. The van der Waals surface area contributed by atoms with Crippen molar-refractivity contribution < 1.29 is 24.2 Å². The van der Waals surface area contributed by atoms with Crippen LogP contribution in [0.3, 0.4) is 0 Å². The van der Waals surface area contributed by atoms with Crippen molar-refractivity contribution in [2.75, 3.05) is 22.6 Å². The van der Waals surface area contributed by atoms with Gasteiger partial charge < -0.3 is 30.6 Å². The molecule has 2 rings (SSSR count). The molecule has 2 aromatic rings. The first-order valence-corrected chi connectivity index (χ1v) is 9.25. The number of aliphatic carboxylic acids is 1. The van der Waals surface area contributed by atoms with E-state index in [2.05, 4.69) is 16.0 Å². The molecule has 0 saturated heterocycles. The highest BCUT2D eigenvalue weighted by atomic mass is 16.5. The maximum Gasteiger partial charge on any atom is 0.247 e. The first-order valence-electron chi connectivity index (χ1n) is 9.25. The molecular weight excluding hydrogens is 374 g/mol. The molecule has 0 spiro atoms. The van der Waals surface area contributed by atoms with Gasteiger partial charge in [0.2, 0.25) is 11.8 Å². The molecule has 8 nitrogen and oxygen atoms in total. The van der Waals surface area contributed by atoms with Crippen LogP contribution in [0.1, 0.15) is 26.7 Å². The standard InChI is InChI=1S/C21H25N3O5/c1-3-11-29-19-10-5-4-9-17(19)24-18(13-20(26)27)21(28)23-16-8-6-7-15(12-16)22-14(2)25/h4-10,12,18,24H,3,11,13H2,1-2H3,(H,22,25)(H,23,28)(H,26,27)/p-1/t18-/m0/s1. The van der Waals surface area contributed by atoms with Gasteiger partial charge in [0, 0.05) is 30.7 Å². The molecule has 0 aliphatic rings. The van der Waals surface area contributed by atoms with Crippen LogP contribution in [0, 0.1) is 0 Å². The first kappa shape index (κ1) is 21.7. The Morgan fingerprint density at radius 2 is 1.72 bits per heavy atom. The number of nitrogens with one attached hydrogen (secondary N) is 3. The molecule has 154 valence electrons. The van der Waals surface area contributed by atoms with Crippen LogP contribution in [0.4, 0.5) is 17.1 Å². The van der Waals surface area contributed by atoms with Crippen molar-refractivity contribution in [2.24, 2.45) is 0 Å². The van der Waals surface area contributed by atoms with Crippen LogP contribution in [0.25, 0.3) is 0 Å². The molecule has 2 aromatic carbocycles. The minimum atomic E-state index is -1.36. The van der Waals surface area contributed by atoms with Gasteiger partial charge >= 0.3 is 0 Å². The number of amides is 2. The van der Waals surface area contributed by atoms with Gasteiger partial charge in [-0.05, 0) is 36.8 Å². The van der Waals surface area contributed by atoms with E-state index in [0.717, 1.165) is 6.42 Å². The maximum atomic E-state index is 12.7. The van der Waals surface area contributed by atoms with Crippen molar-refractivity contribution in [3.05, 3.63) is 48.5 Å². The molecule has 0 radical (unpaired) electrons. The topological polar surface area (TPSA) is 120 Å². The quantitative estimate of drug-likeness (QED) is 0.563. The van der Waals surface area contributed by atoms with Gasteiger partial charge in [-0.2, -0.15) is 0 Å². The Labute approximate surface area is 169 Å². The predicted octanol–water partition coefficient (Wildman–Crippen LogP) is 1.99. The third-order valence-electron chi connectivity index (χ3n) is 3.82. The number of hydrogen-bond donors (Lipinski definition) is 3. The summed E-state index contributed by atoms with van der Waals surface area (Å²) in [5.41, 5.74) is 1.44. The second kappa shape index (κ2) is 10.7. The van der Waals surface area contributed by atoms with Crippen LogP contribution in [-0.2, 0) is 14.4 Å². The smallest absolute Gasteiger partial charge is 0.247 e. The van der Waals surface area contributed by atoms with Crippen LogP contribution < -0.4 is 25.8 Å². The third-order valence-corrected chi connectivity index (χ3v) is 3.82. The largest absolute Gasteiger partial charge is 0.550 e. The number of benzene rings is 2. The summed E-state index contributed by atoms with van der Waals surface area (Å²) in [7, 11) is 0. The summed E-state index contributed by atoms with van der Waals surface area (Å²) in [5, 5.41) is 19.4. The van der Waals surface area contributed by atoms with Gasteiger partial charge in [-0.15, -0.1) is 0 Å². The Bertz CT molecular complexity index is 869. The SMILES string of the molecule is CCCOc1ccccc1N[C@@H](CC(=O)[O-])C(=O)Nc1cccc(NC(C)=O)c1. The number of carboxylic acid groups (broad SMARTS) is 1. The van der Waals surface area contributed by atoms with E-state index in [1.807, 2.05) is 6.92 Å². The average molecular weight is 398 g/mol. The first-order chi connectivity index (χ1) is 13.9. The molecule has 0 heterocycles. The number of carbonyl (C=O) groups excluding carboxylic acids is 3. The summed E-state index contributed by atoms with van der Waals surface area (Å²) in [4.78, 5) is 35.1. The number of ether oxygens (including phenoxy) is 1. The molecular formula is C21H24N3O5-. The summed E-state index contributed by atoms with van der Waals surface area (Å²) in [6, 6.07) is 12.5. The van der Waals surface area contributed by atoms with Crippen molar-refractivity contribution in [3.63, 3.8) is 0 Å². The summed E-state index contributed by atoms with van der Waals surface area (Å²) < 4.78 is 5.65. The van der Waals surface area contributed by atoms with Gasteiger partial charge in [0.25, 0.3) is 0 Å². The van der Waals surface area contributed by atoms with Crippen LogP contribution in [0.2, 0.25) is 0 Å². The lowest BCUT2D eigenvalue weighted by atomic mass is 10.1. The van der Waals surface area contributed by atoms with E-state index in [1.54, 1.807) is 48.5 Å². The third kappa shape index (κ3) is 7.17. The van der Waals surface area contributed by atoms with E-state index in [9.17, 15) is 19.5 Å². The predicted molar refractivity (Wildman–Crippen MR) is 109 cm³/mol. The Hall–Kier alpha value is -3.55. The molecule has 0 saturated carbocycles. The fourth-order valence-electron chi connectivity index (χ4n) is 2.59. The molecule has 0 fully saturated rings. The highest BCUT2D eigenvalue weighted by molar-refractivity contribution is 5.99. The van der Waals surface area contributed by atoms with Gasteiger partial charge in [0.15, 0.2) is 0 Å². The van der Waals surface area contributed by atoms with E-state index in [1.165, 1.54) is 6.92 Å². The Morgan fingerprint density at radius 3 is 2.38 bits per heavy atom. The number of hydrogen-bond acceptors (Lipinski definition) is 6. The van der Waals surface area contributed by atoms with Crippen LogP contribution >= 0.6 is 0 Å². The Kier molecular flexibility index (Phi) is 8.02. The minimum Gasteiger partial charge on any atom is -0.550 e. The van der Waals surface area contributed by atoms with Crippen molar-refractivity contribution in [3.8, 4) is 5.75 Å². The number of carbonyl (C=O) groups is 3. The lowest BCUT2D eigenvalue weighted by Crippen LogP contribution is -2.40. The van der Waals surface area contributed by atoms with E-state index in [4.69, 9.17) is 4.74 Å². The van der Waals surface area contributed by atoms with Crippen molar-refractivity contribution in [1.29, 1.82) is 0 Å². The second-order valence-electron chi connectivity index (χ2n) is 6.37. The number of rotatable bonds is 10. The average Bonchev–Trinajstić information content (AvgIpc) is 2.66. The molecule has 3 N–H and O–H groups in total. The minimum absolute atomic E-state index is 0.242. The van der Waals surface area contributed by atoms with Crippen molar-refractivity contribution >= 4 is 34.8 Å². The fraction of sp³-hybridized carbons (Fsp3) is 0.286. The molecule has 1 atom stereocenters. The second-order valence-corrected chi connectivity index (χ2v) is 6.37. The van der Waals surface area contributed by atoms with Gasteiger partial charge in [0.1, 0.15) is 11.8 Å². The Balaban J connectivity index is 2.17. The van der Waals surface area contributed by atoms with Crippen LogP contribution in [0.15, 0.2) is 48.5 Å². The molecule has 0 aromatic heterocycles. The summed E-state index contributed by atoms with van der Waals surface area (Å²) in [5.74, 6) is -1.64. The zero-order valence-electron chi connectivity index (χ0n) is 16.4. The Morgan fingerprint density at radius 1 is 1.03 bits per heavy atom. The molecule has 8 heteroatoms. The van der Waals surface area contributed by atoms with E-state index < -0.39 is 24.3 Å². The molecule has 0 aliphatic carbocycles. The summed E-state index contributed by atoms with van der Waals surface area (Å²) in [6.45, 7) is 3.84. The van der Waals surface area contributed by atoms with Gasteiger partial charge in [-0.3, -0.25) is 9.59 Å². The summed E-state index contributed by atoms with van der Waals surface area (Å²) >= 11 is 0. The number of para-hydroxylation sites is 2. The molecule has 0 unspecified atom stereocenters. The van der Waals surface area contributed by atoms with Crippen molar-refractivity contribution in [2.45, 2.75) is 32.7 Å². The molecule has 2 amide bonds. The van der Waals surface area contributed by atoms with Gasteiger partial charge in [-0.1, -0.05) is 25.1 Å². The lowest BCUT2D eigenvalue weighted by molar-refractivity contribution is -0.305. The van der Waals surface area contributed by atoms with E-state index in [0.29, 0.717) is 29.4 Å². The summed E-state index contributed by atoms with van der Waals surface area (Å²) in [6.07, 6.45) is 0.279. The highest BCUT2D eigenvalue weighted by Gasteiger charge is 2.20. The number of carboxylic acids is 1. The monoisotopic (exact) mass is 398 g/mol. The van der Waals surface area contributed by atoms with Crippen molar-refractivity contribution in [1.82, 2.24) is 0 Å². The van der Waals surface area contributed by atoms with E-state index in [-0.39, 0.29) is 5.91 Å². The fourth-order valence-corrected chi connectivity index (χ4v) is 2.59. The zero-order valence-corrected chi connectivity index (χ0v) is 16.4. The van der Waals surface area contributed by atoms with Gasteiger partial charge in [-0.25, -0.2) is 0 Å². The van der Waals surface area contributed by atoms with Crippen LogP contribution in [-0.4, -0.2) is 30.4 Å². The maximum absolute atomic E-state index is 12.7. The van der Waals surface area contributed by atoms with E-state index >= 15 is 0 Å². The normalized spacial score (nSPS) is 11.2. The van der Waals surface area contributed by atoms with Crippen LogP contribution in [0.5, 0.6) is 5.75 Å². The molecule has 0 bridgehead atoms. The molecule has 0 aliphatic heterocycles.